The smallest absolute Gasteiger partial charge is 0.256 e. The van der Waals surface area contributed by atoms with Crippen molar-refractivity contribution < 1.29 is 18.9 Å². The number of carbonyl (C=O) groups is 1. The Balaban J connectivity index is 1.78. The number of carbonyl (C=O) groups excluding carboxylic acids is 1. The lowest BCUT2D eigenvalue weighted by Gasteiger charge is -2.08. The molecule has 0 fully saturated rings. The summed E-state index contributed by atoms with van der Waals surface area (Å²) in [6.07, 6.45) is 1.65. The van der Waals surface area contributed by atoms with Crippen LogP contribution in [0.25, 0.3) is 11.3 Å². The maximum Gasteiger partial charge on any atom is 0.256 e. The third-order valence-electron chi connectivity index (χ3n) is 3.89. The van der Waals surface area contributed by atoms with Crippen molar-refractivity contribution in [1.82, 2.24) is 10.3 Å². The Kier molecular flexibility index (Phi) is 5.51. The van der Waals surface area contributed by atoms with Crippen molar-refractivity contribution in [1.29, 1.82) is 0 Å². The summed E-state index contributed by atoms with van der Waals surface area (Å²) in [5, 5.41) is 10.5. The minimum atomic E-state index is -0.326. The lowest BCUT2D eigenvalue weighted by molar-refractivity contribution is 0.102. The van der Waals surface area contributed by atoms with Gasteiger partial charge in [0.05, 0.1) is 7.11 Å². The van der Waals surface area contributed by atoms with Crippen LogP contribution >= 0.6 is 0 Å². The number of nitrogens with zero attached hydrogens (tertiary/aromatic N) is 2. The van der Waals surface area contributed by atoms with Crippen molar-refractivity contribution in [2.24, 2.45) is 0 Å². The monoisotopic (exact) mass is 365 g/mol. The van der Waals surface area contributed by atoms with Gasteiger partial charge in [-0.05, 0) is 65.3 Å². The van der Waals surface area contributed by atoms with E-state index in [9.17, 15) is 4.79 Å². The summed E-state index contributed by atoms with van der Waals surface area (Å²) in [6, 6.07) is 12.3. The molecule has 1 amide bonds. The number of hydrogen-bond acceptors (Lipinski definition) is 6. The van der Waals surface area contributed by atoms with Gasteiger partial charge in [-0.15, -0.1) is 0 Å². The fourth-order valence-electron chi connectivity index (χ4n) is 2.51. The third-order valence-corrected chi connectivity index (χ3v) is 3.89. The van der Waals surface area contributed by atoms with E-state index < -0.39 is 0 Å². The zero-order valence-corrected chi connectivity index (χ0v) is 15.1. The van der Waals surface area contributed by atoms with Crippen LogP contribution in [0.15, 0.2) is 59.7 Å². The second kappa shape index (κ2) is 8.18. The van der Waals surface area contributed by atoms with Crippen LogP contribution in [-0.2, 0) is 0 Å². The Morgan fingerprint density at radius 3 is 2.59 bits per heavy atom. The molecule has 0 saturated carbocycles. The Morgan fingerprint density at radius 2 is 1.93 bits per heavy atom. The van der Waals surface area contributed by atoms with E-state index in [2.05, 4.69) is 22.2 Å². The molecule has 1 heterocycles. The number of amides is 1. The Bertz CT molecular complexity index is 948. The summed E-state index contributed by atoms with van der Waals surface area (Å²) in [5.41, 5.74) is 2.63. The van der Waals surface area contributed by atoms with E-state index in [0.717, 1.165) is 16.9 Å². The molecule has 0 aliphatic heterocycles. The van der Waals surface area contributed by atoms with Crippen LogP contribution in [0.1, 0.15) is 15.9 Å². The molecule has 0 bridgehead atoms. The number of anilines is 1. The van der Waals surface area contributed by atoms with Crippen LogP contribution in [0.2, 0.25) is 0 Å². The minimum absolute atomic E-state index is 0.250. The highest BCUT2D eigenvalue weighted by molar-refractivity contribution is 6.05. The van der Waals surface area contributed by atoms with Gasteiger partial charge in [0.2, 0.25) is 5.82 Å². The van der Waals surface area contributed by atoms with Gasteiger partial charge in [0.1, 0.15) is 18.1 Å². The number of nitrogens with one attached hydrogen (secondary N) is 1. The standard InChI is InChI=1S/C20H19N3O4/c1-4-11-26-15-7-5-14(6-8-15)20(24)21-19-18(22-27-23-19)17-10-9-16(25-3)12-13(17)2/h4-10,12H,1,11H2,2-3H3,(H,21,23,24). The van der Waals surface area contributed by atoms with E-state index in [4.69, 9.17) is 14.1 Å². The van der Waals surface area contributed by atoms with Crippen molar-refractivity contribution in [3.8, 4) is 22.8 Å². The highest BCUT2D eigenvalue weighted by atomic mass is 16.6. The van der Waals surface area contributed by atoms with Crippen LogP contribution in [-0.4, -0.2) is 29.9 Å². The topological polar surface area (TPSA) is 86.5 Å². The average molecular weight is 365 g/mol. The number of methoxy groups -OCH3 is 1. The van der Waals surface area contributed by atoms with Crippen LogP contribution in [0, 0.1) is 6.92 Å². The molecule has 0 aliphatic carbocycles. The molecule has 0 radical (unpaired) electrons. The lowest BCUT2D eigenvalue weighted by atomic mass is 10.1. The molecule has 1 N–H and O–H groups in total. The molecule has 0 unspecified atom stereocenters. The normalized spacial score (nSPS) is 10.3. The third kappa shape index (κ3) is 4.14. The fourth-order valence-corrected chi connectivity index (χ4v) is 2.51. The molecule has 1 aromatic heterocycles. The van der Waals surface area contributed by atoms with Gasteiger partial charge in [-0.1, -0.05) is 12.7 Å². The fraction of sp³-hybridized carbons (Fsp3) is 0.150. The van der Waals surface area contributed by atoms with Gasteiger partial charge in [0, 0.05) is 11.1 Å². The molecule has 7 nitrogen and oxygen atoms in total. The zero-order valence-electron chi connectivity index (χ0n) is 15.1. The second-order valence-corrected chi connectivity index (χ2v) is 5.72. The van der Waals surface area contributed by atoms with Gasteiger partial charge in [-0.2, -0.15) is 0 Å². The molecule has 0 saturated heterocycles. The molecule has 0 atom stereocenters. The maximum atomic E-state index is 12.5. The van der Waals surface area contributed by atoms with Crippen molar-refractivity contribution in [3.63, 3.8) is 0 Å². The van der Waals surface area contributed by atoms with E-state index in [1.807, 2.05) is 25.1 Å². The quantitative estimate of drug-likeness (QED) is 0.640. The number of aryl methyl sites for hydroxylation is 1. The molecule has 27 heavy (non-hydrogen) atoms. The summed E-state index contributed by atoms with van der Waals surface area (Å²) in [5.74, 6) is 1.31. The first-order valence-electron chi connectivity index (χ1n) is 8.25. The van der Waals surface area contributed by atoms with Gasteiger partial charge >= 0.3 is 0 Å². The molecule has 7 heteroatoms. The Hall–Kier alpha value is -3.61. The van der Waals surface area contributed by atoms with Crippen LogP contribution in [0.3, 0.4) is 0 Å². The Morgan fingerprint density at radius 1 is 1.19 bits per heavy atom. The second-order valence-electron chi connectivity index (χ2n) is 5.72. The number of aromatic nitrogens is 2. The summed E-state index contributed by atoms with van der Waals surface area (Å²) in [6.45, 7) is 5.91. The average Bonchev–Trinajstić information content (AvgIpc) is 3.14. The highest BCUT2D eigenvalue weighted by Gasteiger charge is 2.18. The summed E-state index contributed by atoms with van der Waals surface area (Å²) >= 11 is 0. The van der Waals surface area contributed by atoms with Crippen molar-refractivity contribution in [2.45, 2.75) is 6.92 Å². The molecule has 2 aromatic carbocycles. The van der Waals surface area contributed by atoms with Gasteiger partial charge in [-0.3, -0.25) is 4.79 Å². The Labute approximate surface area is 156 Å². The summed E-state index contributed by atoms with van der Waals surface area (Å²) < 4.78 is 15.5. The molecule has 0 aliphatic rings. The molecule has 3 aromatic rings. The van der Waals surface area contributed by atoms with Gasteiger partial charge < -0.3 is 14.8 Å². The van der Waals surface area contributed by atoms with Gasteiger partial charge in [-0.25, -0.2) is 4.63 Å². The van der Waals surface area contributed by atoms with E-state index in [1.165, 1.54) is 0 Å². The molecule has 0 spiro atoms. The minimum Gasteiger partial charge on any atom is -0.497 e. The molecular weight excluding hydrogens is 346 g/mol. The van der Waals surface area contributed by atoms with Gasteiger partial charge in [0.15, 0.2) is 5.69 Å². The number of ether oxygens (including phenoxy) is 2. The SMILES string of the molecule is C=CCOc1ccc(C(=O)Nc2nonc2-c2ccc(OC)cc2C)cc1. The van der Waals surface area contributed by atoms with Gasteiger partial charge in [0.25, 0.3) is 5.91 Å². The van der Waals surface area contributed by atoms with Crippen LogP contribution in [0.5, 0.6) is 11.5 Å². The van der Waals surface area contributed by atoms with Crippen LogP contribution < -0.4 is 14.8 Å². The largest absolute Gasteiger partial charge is 0.497 e. The van der Waals surface area contributed by atoms with Crippen molar-refractivity contribution in [3.05, 3.63) is 66.2 Å². The zero-order chi connectivity index (χ0) is 19.2. The first-order valence-corrected chi connectivity index (χ1v) is 8.25. The maximum absolute atomic E-state index is 12.5. The molecule has 138 valence electrons. The molecule has 3 rings (SSSR count). The number of rotatable bonds is 7. The first kappa shape index (κ1) is 18.2. The highest BCUT2D eigenvalue weighted by Crippen LogP contribution is 2.30. The van der Waals surface area contributed by atoms with E-state index in [-0.39, 0.29) is 11.7 Å². The number of hydrogen-bond donors (Lipinski definition) is 1. The van der Waals surface area contributed by atoms with E-state index >= 15 is 0 Å². The van der Waals surface area contributed by atoms with E-state index in [0.29, 0.717) is 23.6 Å². The summed E-state index contributed by atoms with van der Waals surface area (Å²) in [7, 11) is 1.60. The van der Waals surface area contributed by atoms with Crippen molar-refractivity contribution >= 4 is 11.7 Å². The summed E-state index contributed by atoms with van der Waals surface area (Å²) in [4.78, 5) is 12.5. The first-order chi connectivity index (χ1) is 13.1. The predicted octanol–water partition coefficient (Wildman–Crippen LogP) is 3.87. The van der Waals surface area contributed by atoms with Crippen LogP contribution in [0.4, 0.5) is 5.82 Å². The molecular formula is C20H19N3O4. The number of benzene rings is 2. The lowest BCUT2D eigenvalue weighted by Crippen LogP contribution is -2.13. The predicted molar refractivity (Wildman–Crippen MR) is 101 cm³/mol. The van der Waals surface area contributed by atoms with Crippen molar-refractivity contribution in [2.75, 3.05) is 19.0 Å². The van der Waals surface area contributed by atoms with E-state index in [1.54, 1.807) is 37.5 Å².